The van der Waals surface area contributed by atoms with Gasteiger partial charge >= 0.3 is 0 Å². The van der Waals surface area contributed by atoms with Crippen molar-refractivity contribution < 1.29 is 5.11 Å². The van der Waals surface area contributed by atoms with E-state index in [1.807, 2.05) is 19.1 Å². The lowest BCUT2D eigenvalue weighted by atomic mass is 10.3. The summed E-state index contributed by atoms with van der Waals surface area (Å²) in [6.45, 7) is 3.66. The smallest absolute Gasteiger partial charge is 0.153 e. The number of thioether (sulfide) groups is 1. The molecule has 1 aromatic rings. The predicted molar refractivity (Wildman–Crippen MR) is 56.0 cm³/mol. The molecule has 0 saturated carbocycles. The maximum atomic E-state index is 9.32. The number of aliphatic hydroxyl groups is 1. The van der Waals surface area contributed by atoms with Gasteiger partial charge in [0.2, 0.25) is 0 Å². The van der Waals surface area contributed by atoms with Gasteiger partial charge in [-0.15, -0.1) is 11.8 Å². The fourth-order valence-corrected chi connectivity index (χ4v) is 1.83. The van der Waals surface area contributed by atoms with Crippen LogP contribution in [0.15, 0.2) is 23.2 Å². The van der Waals surface area contributed by atoms with Gasteiger partial charge in [0.25, 0.3) is 0 Å². The van der Waals surface area contributed by atoms with Gasteiger partial charge in [0.15, 0.2) is 5.69 Å². The molecule has 1 heterocycles. The number of aliphatic hydroxyl groups excluding tert-OH is 1. The average Bonchev–Trinajstić information content (AvgIpc) is 2.18. The van der Waals surface area contributed by atoms with Crippen molar-refractivity contribution in [1.29, 1.82) is 5.26 Å². The Hall–Kier alpha value is -1.05. The first-order chi connectivity index (χ1) is 6.65. The molecule has 1 aromatic heterocycles. The van der Waals surface area contributed by atoms with Crippen LogP contribution in [-0.4, -0.2) is 21.4 Å². The molecular weight excluding hydrogens is 196 g/mol. The highest BCUT2D eigenvalue weighted by Gasteiger charge is 2.12. The van der Waals surface area contributed by atoms with Crippen LogP contribution in [0.3, 0.4) is 0 Å². The summed E-state index contributed by atoms with van der Waals surface area (Å²) >= 11 is 1.47. The topological polar surface area (TPSA) is 56.9 Å². The Bertz CT molecular complexity index is 346. The molecule has 0 bridgehead atoms. The summed E-state index contributed by atoms with van der Waals surface area (Å²) in [4.78, 5) is 4.77. The first-order valence-electron chi connectivity index (χ1n) is 4.35. The Balaban J connectivity index is 2.82. The zero-order chi connectivity index (χ0) is 10.6. The summed E-state index contributed by atoms with van der Waals surface area (Å²) in [6, 6.07) is 5.66. The Labute approximate surface area is 87.8 Å². The van der Waals surface area contributed by atoms with Gasteiger partial charge < -0.3 is 5.11 Å². The van der Waals surface area contributed by atoms with Crippen molar-refractivity contribution in [3.63, 3.8) is 0 Å². The summed E-state index contributed by atoms with van der Waals surface area (Å²) in [7, 11) is 0. The molecule has 0 fully saturated rings. The van der Waals surface area contributed by atoms with Crippen molar-refractivity contribution in [2.24, 2.45) is 0 Å². The molecule has 0 saturated heterocycles. The van der Waals surface area contributed by atoms with E-state index >= 15 is 0 Å². The van der Waals surface area contributed by atoms with E-state index in [0.717, 1.165) is 4.90 Å². The van der Waals surface area contributed by atoms with Gasteiger partial charge in [-0.1, -0.05) is 6.92 Å². The lowest BCUT2D eigenvalue weighted by Gasteiger charge is -2.13. The second-order valence-corrected chi connectivity index (χ2v) is 4.44. The van der Waals surface area contributed by atoms with Crippen molar-refractivity contribution in [1.82, 2.24) is 4.98 Å². The molecule has 1 rings (SSSR count). The monoisotopic (exact) mass is 208 g/mol. The molecule has 2 atom stereocenters. The van der Waals surface area contributed by atoms with Crippen LogP contribution < -0.4 is 0 Å². The van der Waals surface area contributed by atoms with Crippen LogP contribution in [0.5, 0.6) is 0 Å². The van der Waals surface area contributed by atoms with Gasteiger partial charge in [0.1, 0.15) is 6.07 Å². The lowest BCUT2D eigenvalue weighted by molar-refractivity contribution is 0.196. The van der Waals surface area contributed by atoms with E-state index in [-0.39, 0.29) is 5.25 Å². The molecule has 1 N–H and O–H groups in total. The summed E-state index contributed by atoms with van der Waals surface area (Å²) in [5, 5.41) is 18.2. The van der Waals surface area contributed by atoms with E-state index in [2.05, 4.69) is 4.98 Å². The molecule has 0 aromatic carbocycles. The molecular formula is C10H12N2OS. The van der Waals surface area contributed by atoms with Crippen LogP contribution >= 0.6 is 11.8 Å². The molecule has 2 unspecified atom stereocenters. The molecule has 0 aliphatic carbocycles. The van der Waals surface area contributed by atoms with Crippen LogP contribution in [0.2, 0.25) is 0 Å². The average molecular weight is 208 g/mol. The number of pyridine rings is 1. The van der Waals surface area contributed by atoms with Crippen molar-refractivity contribution >= 4 is 11.8 Å². The number of nitriles is 1. The van der Waals surface area contributed by atoms with Crippen LogP contribution in [0.4, 0.5) is 0 Å². The quantitative estimate of drug-likeness (QED) is 0.770. The second-order valence-electron chi connectivity index (χ2n) is 3.03. The molecule has 0 spiro atoms. The Morgan fingerprint density at radius 3 is 2.86 bits per heavy atom. The first-order valence-corrected chi connectivity index (χ1v) is 5.23. The Kier molecular flexibility index (Phi) is 3.93. The molecule has 0 aliphatic heterocycles. The van der Waals surface area contributed by atoms with Crippen LogP contribution in [-0.2, 0) is 0 Å². The van der Waals surface area contributed by atoms with Gasteiger partial charge in [-0.3, -0.25) is 0 Å². The molecule has 3 nitrogen and oxygen atoms in total. The van der Waals surface area contributed by atoms with E-state index in [1.165, 1.54) is 11.8 Å². The van der Waals surface area contributed by atoms with Crippen molar-refractivity contribution in [3.05, 3.63) is 24.0 Å². The minimum Gasteiger partial charge on any atom is -0.392 e. The normalized spacial score (nSPS) is 14.4. The van der Waals surface area contributed by atoms with E-state index in [4.69, 9.17) is 5.26 Å². The third-order valence-corrected chi connectivity index (χ3v) is 3.22. The molecule has 74 valence electrons. The fourth-order valence-electron chi connectivity index (χ4n) is 0.868. The van der Waals surface area contributed by atoms with E-state index in [1.54, 1.807) is 19.2 Å². The zero-order valence-corrected chi connectivity index (χ0v) is 8.95. The number of aromatic nitrogens is 1. The predicted octanol–water partition coefficient (Wildman–Crippen LogP) is 1.81. The minimum atomic E-state index is -0.397. The molecule has 0 radical (unpaired) electrons. The van der Waals surface area contributed by atoms with Crippen LogP contribution in [0.1, 0.15) is 19.5 Å². The largest absolute Gasteiger partial charge is 0.392 e. The summed E-state index contributed by atoms with van der Waals surface area (Å²) in [5.74, 6) is 0. The first kappa shape index (κ1) is 11.0. The standard InChI is InChI=1S/C10H12N2OS/c1-7(13)8(2)14-10-4-3-5-12-9(10)6-11/h3-5,7-8,13H,1-2H3. The third kappa shape index (κ3) is 2.72. The lowest BCUT2D eigenvalue weighted by Crippen LogP contribution is -2.15. The van der Waals surface area contributed by atoms with Crippen molar-refractivity contribution in [2.45, 2.75) is 30.1 Å². The highest BCUT2D eigenvalue weighted by Crippen LogP contribution is 2.26. The summed E-state index contributed by atoms with van der Waals surface area (Å²) in [6.07, 6.45) is 1.20. The van der Waals surface area contributed by atoms with Gasteiger partial charge in [-0.25, -0.2) is 4.98 Å². The molecule has 0 aliphatic rings. The maximum absolute atomic E-state index is 9.32. The number of hydrogen-bond acceptors (Lipinski definition) is 4. The summed E-state index contributed by atoms with van der Waals surface area (Å²) < 4.78 is 0. The minimum absolute atomic E-state index is 0.0614. The highest BCUT2D eigenvalue weighted by atomic mass is 32.2. The number of hydrogen-bond donors (Lipinski definition) is 1. The number of nitrogens with zero attached hydrogens (tertiary/aromatic N) is 2. The maximum Gasteiger partial charge on any atom is 0.153 e. The SMILES string of the molecule is CC(O)C(C)Sc1cccnc1C#N. The fraction of sp³-hybridized carbons (Fsp3) is 0.400. The van der Waals surface area contributed by atoms with Gasteiger partial charge in [0, 0.05) is 16.3 Å². The zero-order valence-electron chi connectivity index (χ0n) is 8.14. The Morgan fingerprint density at radius 2 is 2.29 bits per heavy atom. The second kappa shape index (κ2) is 4.99. The molecule has 0 amide bonds. The van der Waals surface area contributed by atoms with Gasteiger partial charge in [-0.2, -0.15) is 5.26 Å². The van der Waals surface area contributed by atoms with E-state index < -0.39 is 6.10 Å². The van der Waals surface area contributed by atoms with E-state index in [9.17, 15) is 5.11 Å². The highest BCUT2D eigenvalue weighted by molar-refractivity contribution is 8.00. The summed E-state index contributed by atoms with van der Waals surface area (Å²) in [5.41, 5.74) is 0.421. The number of rotatable bonds is 3. The van der Waals surface area contributed by atoms with Crippen LogP contribution in [0, 0.1) is 11.3 Å². The molecule has 4 heteroatoms. The third-order valence-electron chi connectivity index (χ3n) is 1.87. The van der Waals surface area contributed by atoms with Gasteiger partial charge in [0.05, 0.1) is 6.10 Å². The van der Waals surface area contributed by atoms with Crippen molar-refractivity contribution in [2.75, 3.05) is 0 Å². The van der Waals surface area contributed by atoms with Crippen molar-refractivity contribution in [3.8, 4) is 6.07 Å². The van der Waals surface area contributed by atoms with Gasteiger partial charge in [-0.05, 0) is 19.1 Å². The van der Waals surface area contributed by atoms with Crippen LogP contribution in [0.25, 0.3) is 0 Å². The molecule has 14 heavy (non-hydrogen) atoms. The Morgan fingerprint density at radius 1 is 1.57 bits per heavy atom. The van der Waals surface area contributed by atoms with E-state index in [0.29, 0.717) is 5.69 Å².